The summed E-state index contributed by atoms with van der Waals surface area (Å²) < 4.78 is 0. The molecule has 1 aliphatic heterocycles. The largest absolute Gasteiger partial charge is 0.208 e. The number of nitrogens with zero attached hydrogens (tertiary/aromatic N) is 3. The molecule has 12 rings (SSSR count). The lowest BCUT2D eigenvalue weighted by molar-refractivity contribution is 0.722. The summed E-state index contributed by atoms with van der Waals surface area (Å²) in [7, 11) is 0. The molecule has 2 aliphatic rings. The van der Waals surface area contributed by atoms with Crippen LogP contribution in [0.3, 0.4) is 0 Å². The fraction of sp³-hybridized carbons (Fsp3) is 0.0172. The van der Waals surface area contributed by atoms with Crippen LogP contribution in [0.15, 0.2) is 234 Å². The normalized spacial score (nSPS) is 12.9. The van der Waals surface area contributed by atoms with E-state index in [2.05, 4.69) is 212 Å². The van der Waals surface area contributed by atoms with E-state index in [-0.39, 0.29) is 5.41 Å². The Kier molecular flexibility index (Phi) is 8.65. The van der Waals surface area contributed by atoms with Crippen molar-refractivity contribution in [1.29, 1.82) is 0 Å². The van der Waals surface area contributed by atoms with Gasteiger partial charge in [0.25, 0.3) is 0 Å². The Morgan fingerprint density at radius 2 is 0.597 bits per heavy atom. The van der Waals surface area contributed by atoms with Gasteiger partial charge in [-0.05, 0) is 78.9 Å². The molecule has 0 saturated heterocycles. The first kappa shape index (κ1) is 36.2. The van der Waals surface area contributed by atoms with Crippen molar-refractivity contribution in [3.63, 3.8) is 0 Å². The molecule has 1 aromatic heterocycles. The summed E-state index contributed by atoms with van der Waals surface area (Å²) in [5.41, 5.74) is 17.4. The molecule has 0 atom stereocenters. The van der Waals surface area contributed by atoms with Crippen LogP contribution in [0.25, 0.3) is 78.7 Å². The van der Waals surface area contributed by atoms with E-state index < -0.39 is 0 Å². The molecule has 0 fully saturated rings. The van der Waals surface area contributed by atoms with Crippen LogP contribution in [0.1, 0.15) is 22.3 Å². The molecule has 2 heterocycles. The number of hydrogen-bond donors (Lipinski definition) is 0. The van der Waals surface area contributed by atoms with Crippen molar-refractivity contribution in [2.24, 2.45) is 0 Å². The van der Waals surface area contributed by atoms with Crippen LogP contribution in [0, 0.1) is 0 Å². The van der Waals surface area contributed by atoms with Gasteiger partial charge in [0, 0.05) is 26.5 Å². The summed E-state index contributed by atoms with van der Waals surface area (Å²) in [6.07, 6.45) is 0. The summed E-state index contributed by atoms with van der Waals surface area (Å²) in [5.74, 6) is 1.91. The first-order chi connectivity index (χ1) is 30.7. The summed E-state index contributed by atoms with van der Waals surface area (Å²) >= 11 is 1.87. The average molecular weight is 808 g/mol. The van der Waals surface area contributed by atoms with Gasteiger partial charge in [-0.3, -0.25) is 0 Å². The van der Waals surface area contributed by atoms with Crippen molar-refractivity contribution in [3.05, 3.63) is 247 Å². The Morgan fingerprint density at radius 1 is 0.258 bits per heavy atom. The summed E-state index contributed by atoms with van der Waals surface area (Å²) in [5, 5.41) is 0. The van der Waals surface area contributed by atoms with E-state index >= 15 is 0 Å². The van der Waals surface area contributed by atoms with Crippen molar-refractivity contribution < 1.29 is 0 Å². The lowest BCUT2D eigenvalue weighted by Crippen LogP contribution is -2.31. The quantitative estimate of drug-likeness (QED) is 0.168. The summed E-state index contributed by atoms with van der Waals surface area (Å²) in [4.78, 5) is 17.8. The topological polar surface area (TPSA) is 38.7 Å². The molecule has 290 valence electrons. The van der Waals surface area contributed by atoms with Crippen molar-refractivity contribution >= 4 is 11.8 Å². The van der Waals surface area contributed by atoms with Gasteiger partial charge in [-0.25, -0.2) is 15.0 Å². The summed E-state index contributed by atoms with van der Waals surface area (Å²) in [6, 6.07) is 80.4. The van der Waals surface area contributed by atoms with E-state index in [9.17, 15) is 0 Å². The fourth-order valence-electron chi connectivity index (χ4n) is 9.50. The number of aromatic nitrogens is 3. The molecule has 4 heteroatoms. The van der Waals surface area contributed by atoms with E-state index in [0.29, 0.717) is 17.5 Å². The highest BCUT2D eigenvalue weighted by molar-refractivity contribution is 7.99. The summed E-state index contributed by atoms with van der Waals surface area (Å²) in [6.45, 7) is 0. The Bertz CT molecular complexity index is 3140. The van der Waals surface area contributed by atoms with Crippen molar-refractivity contribution in [1.82, 2.24) is 15.0 Å². The fourth-order valence-corrected chi connectivity index (χ4v) is 10.7. The first-order valence-electron chi connectivity index (χ1n) is 21.0. The third-order valence-corrected chi connectivity index (χ3v) is 13.6. The Morgan fingerprint density at radius 3 is 1.08 bits per heavy atom. The molecule has 9 aromatic carbocycles. The predicted octanol–water partition coefficient (Wildman–Crippen LogP) is 14.7. The van der Waals surface area contributed by atoms with Gasteiger partial charge in [0.15, 0.2) is 17.5 Å². The third-order valence-electron chi connectivity index (χ3n) is 12.5. The average Bonchev–Trinajstić information content (AvgIpc) is 3.65. The minimum absolute atomic E-state index is 0.384. The van der Waals surface area contributed by atoms with Crippen LogP contribution < -0.4 is 0 Å². The first-order valence-corrected chi connectivity index (χ1v) is 21.8. The number of fused-ring (bicyclic) bond motifs is 9. The molecule has 0 saturated carbocycles. The highest BCUT2D eigenvalue weighted by atomic mass is 32.2. The molecule has 1 spiro atoms. The van der Waals surface area contributed by atoms with Crippen LogP contribution >= 0.6 is 11.8 Å². The molecule has 0 unspecified atom stereocenters. The lowest BCUT2D eigenvalue weighted by atomic mass is 9.67. The van der Waals surface area contributed by atoms with E-state index in [1.54, 1.807) is 0 Å². The van der Waals surface area contributed by atoms with Gasteiger partial charge < -0.3 is 0 Å². The van der Waals surface area contributed by atoms with Gasteiger partial charge in [0.2, 0.25) is 0 Å². The van der Waals surface area contributed by atoms with Crippen molar-refractivity contribution in [2.45, 2.75) is 15.2 Å². The van der Waals surface area contributed by atoms with Gasteiger partial charge in [-0.2, -0.15) is 0 Å². The van der Waals surface area contributed by atoms with Gasteiger partial charge in [-0.15, -0.1) is 0 Å². The standard InChI is InChI=1S/C58H37N3S/c1-3-13-38(14-4-1)40-23-29-43(30-24-40)55-59-56(44-31-25-41(26-32-44)39-15-5-2-6-16-39)61-57(60-55)45-33-27-42(28-34-45)46-35-36-52-54(37-46)62-53-22-12-11-21-51(53)58(52)49-19-9-7-17-47(49)48-18-8-10-20-50(48)58/h1-37H. The molecule has 0 amide bonds. The van der Waals surface area contributed by atoms with Gasteiger partial charge in [0.05, 0.1) is 5.41 Å². The Hall–Kier alpha value is -7.66. The van der Waals surface area contributed by atoms with Crippen LogP contribution in [-0.2, 0) is 5.41 Å². The number of hydrogen-bond acceptors (Lipinski definition) is 4. The molecule has 3 nitrogen and oxygen atoms in total. The van der Waals surface area contributed by atoms with E-state index in [0.717, 1.165) is 33.4 Å². The second kappa shape index (κ2) is 14.8. The maximum atomic E-state index is 5.10. The van der Waals surface area contributed by atoms with E-state index in [4.69, 9.17) is 15.0 Å². The van der Waals surface area contributed by atoms with E-state index in [1.807, 2.05) is 23.9 Å². The SMILES string of the molecule is c1ccc(-c2ccc(-c3nc(-c4ccc(-c5ccccc5)cc4)nc(-c4ccc(-c5ccc6c(c5)Sc5ccccc5C65c6ccccc6-c6ccccc65)cc4)n3)cc2)cc1. The minimum Gasteiger partial charge on any atom is -0.208 e. The zero-order valence-corrected chi connectivity index (χ0v) is 34.4. The van der Waals surface area contributed by atoms with Crippen molar-refractivity contribution in [3.8, 4) is 78.7 Å². The highest BCUT2D eigenvalue weighted by Crippen LogP contribution is 2.62. The van der Waals surface area contributed by atoms with Crippen LogP contribution in [0.5, 0.6) is 0 Å². The second-order valence-corrected chi connectivity index (χ2v) is 17.0. The zero-order chi connectivity index (χ0) is 41.0. The van der Waals surface area contributed by atoms with Crippen LogP contribution in [0.4, 0.5) is 0 Å². The minimum atomic E-state index is -0.384. The Labute approximate surface area is 365 Å². The van der Waals surface area contributed by atoms with Gasteiger partial charge in [-0.1, -0.05) is 224 Å². The zero-order valence-electron chi connectivity index (χ0n) is 33.6. The monoisotopic (exact) mass is 807 g/mol. The molecule has 0 bridgehead atoms. The van der Waals surface area contributed by atoms with Crippen LogP contribution in [0.2, 0.25) is 0 Å². The predicted molar refractivity (Wildman–Crippen MR) is 254 cm³/mol. The highest BCUT2D eigenvalue weighted by Gasteiger charge is 2.50. The van der Waals surface area contributed by atoms with Gasteiger partial charge >= 0.3 is 0 Å². The molecule has 0 radical (unpaired) electrons. The molecular formula is C58H37N3S. The molecule has 0 N–H and O–H groups in total. The Balaban J connectivity index is 0.928. The molecule has 10 aromatic rings. The maximum Gasteiger partial charge on any atom is 0.164 e. The second-order valence-electron chi connectivity index (χ2n) is 15.9. The lowest BCUT2D eigenvalue weighted by Gasteiger charge is -2.39. The smallest absolute Gasteiger partial charge is 0.164 e. The van der Waals surface area contributed by atoms with E-state index in [1.165, 1.54) is 59.9 Å². The van der Waals surface area contributed by atoms with Gasteiger partial charge in [0.1, 0.15) is 0 Å². The number of benzene rings is 9. The molecule has 62 heavy (non-hydrogen) atoms. The van der Waals surface area contributed by atoms with Crippen molar-refractivity contribution in [2.75, 3.05) is 0 Å². The molecule has 1 aliphatic carbocycles. The molecular weight excluding hydrogens is 771 g/mol. The third kappa shape index (κ3) is 5.94. The van der Waals surface area contributed by atoms with Crippen LogP contribution in [-0.4, -0.2) is 15.0 Å². The number of rotatable bonds is 6. The maximum absolute atomic E-state index is 5.10.